The second-order valence-electron chi connectivity index (χ2n) is 10.6. The van der Waals surface area contributed by atoms with Crippen LogP contribution < -0.4 is 4.74 Å². The molecule has 0 saturated carbocycles. The molecule has 0 spiro atoms. The number of hydrogen-bond donors (Lipinski definition) is 1. The fourth-order valence-corrected chi connectivity index (χ4v) is 6.38. The summed E-state index contributed by atoms with van der Waals surface area (Å²) in [6.45, 7) is 5.31. The lowest BCUT2D eigenvalue weighted by molar-refractivity contribution is 0.0701. The summed E-state index contributed by atoms with van der Waals surface area (Å²) in [6, 6.07) is 12.0. The summed E-state index contributed by atoms with van der Waals surface area (Å²) in [5, 5.41) is 18.5. The fraction of sp³-hybridized carbons (Fsp3) is 0.323. The van der Waals surface area contributed by atoms with Crippen molar-refractivity contribution in [1.29, 1.82) is 5.26 Å². The number of carboxylic acids is 1. The molecule has 43 heavy (non-hydrogen) atoms. The van der Waals surface area contributed by atoms with Crippen LogP contribution in [0.5, 0.6) is 5.88 Å². The highest BCUT2D eigenvalue weighted by atomic mass is 32.1. The molecule has 0 amide bonds. The summed E-state index contributed by atoms with van der Waals surface area (Å²) in [6.07, 6.45) is 7.79. The third-order valence-electron chi connectivity index (χ3n) is 7.89. The van der Waals surface area contributed by atoms with Crippen LogP contribution >= 0.6 is 11.3 Å². The Morgan fingerprint density at radius 1 is 1.23 bits per heavy atom. The van der Waals surface area contributed by atoms with Crippen LogP contribution in [0.3, 0.4) is 0 Å². The number of halogens is 1. The molecule has 220 valence electrons. The van der Waals surface area contributed by atoms with Crippen LogP contribution in [0.2, 0.25) is 0 Å². The highest BCUT2D eigenvalue weighted by molar-refractivity contribution is 7.18. The lowest BCUT2D eigenvalue weighted by Crippen LogP contribution is -2.33. The van der Waals surface area contributed by atoms with E-state index in [0.29, 0.717) is 29.4 Å². The number of piperidine rings is 1. The first-order valence-corrected chi connectivity index (χ1v) is 15.0. The average molecular weight is 600 g/mol. The Hall–Kier alpha value is -4.60. The van der Waals surface area contributed by atoms with E-state index >= 15 is 0 Å². The third kappa shape index (κ3) is 6.14. The van der Waals surface area contributed by atoms with E-state index in [9.17, 15) is 14.3 Å². The van der Waals surface area contributed by atoms with E-state index < -0.39 is 11.8 Å². The van der Waals surface area contributed by atoms with Crippen molar-refractivity contribution in [2.24, 2.45) is 0 Å². The number of hydrogen-bond acceptors (Lipinski definition) is 8. The second kappa shape index (κ2) is 12.3. The number of ether oxygens (including phenoxy) is 1. The Bertz CT molecular complexity index is 1810. The zero-order valence-corrected chi connectivity index (χ0v) is 24.4. The lowest BCUT2D eigenvalue weighted by atomic mass is 9.93. The first-order valence-electron chi connectivity index (χ1n) is 14.1. The average Bonchev–Trinajstić information content (AvgIpc) is 3.73. The Balaban J connectivity index is 1.12. The molecule has 5 aromatic rings. The number of carbonyl (C=O) groups is 1. The van der Waals surface area contributed by atoms with Crippen LogP contribution in [0.25, 0.3) is 4.96 Å². The van der Waals surface area contributed by atoms with Gasteiger partial charge in [0.05, 0.1) is 29.3 Å². The van der Waals surface area contributed by atoms with Gasteiger partial charge in [-0.05, 0) is 51.1 Å². The zero-order valence-electron chi connectivity index (χ0n) is 23.6. The molecule has 1 N–H and O–H groups in total. The summed E-state index contributed by atoms with van der Waals surface area (Å²) in [7, 11) is 0. The number of pyridine rings is 1. The van der Waals surface area contributed by atoms with E-state index in [2.05, 4.69) is 21.4 Å². The number of aromatic carboxylic acids is 1. The molecule has 1 aliphatic rings. The second-order valence-corrected chi connectivity index (χ2v) is 11.6. The highest BCUT2D eigenvalue weighted by Crippen LogP contribution is 2.30. The molecule has 1 aliphatic heterocycles. The minimum atomic E-state index is -0.951. The number of aromatic nitrogens is 5. The van der Waals surface area contributed by atoms with Crippen LogP contribution in [0.1, 0.15) is 69.3 Å². The van der Waals surface area contributed by atoms with Crippen molar-refractivity contribution in [1.82, 2.24) is 28.8 Å². The molecule has 12 heteroatoms. The quantitative estimate of drug-likeness (QED) is 0.231. The molecule has 5 heterocycles. The smallest absolute Gasteiger partial charge is 0.347 e. The first-order chi connectivity index (χ1) is 20.9. The fourth-order valence-electron chi connectivity index (χ4n) is 5.52. The van der Waals surface area contributed by atoms with Crippen molar-refractivity contribution in [3.05, 3.63) is 99.7 Å². The van der Waals surface area contributed by atoms with E-state index in [4.69, 9.17) is 20.0 Å². The molecule has 0 unspecified atom stereocenters. The van der Waals surface area contributed by atoms with Gasteiger partial charge in [0.15, 0.2) is 4.96 Å². The van der Waals surface area contributed by atoms with E-state index in [1.54, 1.807) is 24.4 Å². The van der Waals surface area contributed by atoms with Gasteiger partial charge in [-0.3, -0.25) is 9.30 Å². The van der Waals surface area contributed by atoms with Gasteiger partial charge in [0.25, 0.3) is 0 Å². The predicted octanol–water partition coefficient (Wildman–Crippen LogP) is 5.27. The normalized spacial score (nSPS) is 14.3. The van der Waals surface area contributed by atoms with Gasteiger partial charge >= 0.3 is 5.97 Å². The number of likely N-dealkylation sites (tertiary alicyclic amines) is 1. The molecule has 1 saturated heterocycles. The van der Waals surface area contributed by atoms with Gasteiger partial charge in [0, 0.05) is 60.8 Å². The van der Waals surface area contributed by atoms with Crippen molar-refractivity contribution < 1.29 is 19.0 Å². The molecular weight excluding hydrogens is 569 g/mol. The molecule has 10 nitrogen and oxygen atoms in total. The van der Waals surface area contributed by atoms with Crippen LogP contribution in [0.4, 0.5) is 4.39 Å². The number of fused-ring (bicyclic) bond motifs is 1. The maximum Gasteiger partial charge on any atom is 0.347 e. The maximum atomic E-state index is 14.3. The molecule has 0 bridgehead atoms. The number of imidazole rings is 2. The van der Waals surface area contributed by atoms with Gasteiger partial charge in [-0.2, -0.15) is 5.26 Å². The summed E-state index contributed by atoms with van der Waals surface area (Å²) >= 11 is 1.19. The van der Waals surface area contributed by atoms with Crippen molar-refractivity contribution in [2.75, 3.05) is 13.1 Å². The number of rotatable bonds is 10. The van der Waals surface area contributed by atoms with Gasteiger partial charge in [-0.1, -0.05) is 23.5 Å². The van der Waals surface area contributed by atoms with Crippen LogP contribution in [0.15, 0.2) is 55.1 Å². The Morgan fingerprint density at radius 3 is 2.81 bits per heavy atom. The highest BCUT2D eigenvalue weighted by Gasteiger charge is 2.25. The van der Waals surface area contributed by atoms with Gasteiger partial charge in [-0.25, -0.2) is 24.1 Å². The van der Waals surface area contributed by atoms with Gasteiger partial charge in [0.1, 0.15) is 17.3 Å². The van der Waals surface area contributed by atoms with E-state index in [0.717, 1.165) is 55.3 Å². The van der Waals surface area contributed by atoms with Gasteiger partial charge in [-0.15, -0.1) is 0 Å². The molecule has 1 aromatic carbocycles. The minimum absolute atomic E-state index is 0.0316. The van der Waals surface area contributed by atoms with Crippen molar-refractivity contribution in [2.45, 2.75) is 51.8 Å². The molecule has 1 fully saturated rings. The summed E-state index contributed by atoms with van der Waals surface area (Å²) in [4.78, 5) is 28.8. The number of carboxylic acid groups (broad SMARTS) is 1. The lowest BCUT2D eigenvalue weighted by Gasteiger charge is -2.31. The summed E-state index contributed by atoms with van der Waals surface area (Å²) in [5.41, 5.74) is 4.59. The number of aryl methyl sites for hydroxylation is 1. The van der Waals surface area contributed by atoms with Crippen molar-refractivity contribution in [3.8, 4) is 11.9 Å². The van der Waals surface area contributed by atoms with Gasteiger partial charge in [0.2, 0.25) is 5.88 Å². The van der Waals surface area contributed by atoms with Gasteiger partial charge < -0.3 is 14.4 Å². The third-order valence-corrected chi connectivity index (χ3v) is 8.86. The largest absolute Gasteiger partial charge is 0.477 e. The van der Waals surface area contributed by atoms with E-state index in [-0.39, 0.29) is 23.0 Å². The number of thiazole rings is 1. The predicted molar refractivity (Wildman–Crippen MR) is 158 cm³/mol. The van der Waals surface area contributed by atoms with Crippen LogP contribution in [-0.4, -0.2) is 53.0 Å². The molecule has 0 atom stereocenters. The number of benzene rings is 1. The number of nitrogens with zero attached hydrogens (tertiary/aromatic N) is 7. The zero-order chi connectivity index (χ0) is 29.9. The van der Waals surface area contributed by atoms with E-state index in [1.165, 1.54) is 17.4 Å². The first kappa shape index (κ1) is 28.5. The Labute approximate surface area is 251 Å². The SMILES string of the molecule is CCn1cncc1Cc1c(CN2CCC(c3cccc(OCc4ccc(C#N)cc4F)n3)CC2)nc2sc(C(=O)O)cn12. The maximum absolute atomic E-state index is 14.3. The topological polar surface area (TPSA) is 122 Å². The van der Waals surface area contributed by atoms with Crippen molar-refractivity contribution in [3.63, 3.8) is 0 Å². The summed E-state index contributed by atoms with van der Waals surface area (Å²) in [5.74, 6) is -0.707. The van der Waals surface area contributed by atoms with Crippen LogP contribution in [0, 0.1) is 17.1 Å². The molecular formula is C31H30FN7O3S. The standard InChI is InChI=1S/C31H30FN7O3S/c1-2-38-19-34-15-23(38)13-27-26(36-31-39(27)17-28(43-31)30(40)41)16-37-10-8-21(9-11-37)25-4-3-5-29(35-25)42-18-22-7-6-20(14-33)12-24(22)32/h3-7,12,15,17,19,21H,2,8-11,13,16,18H2,1H3,(H,40,41). The molecule has 6 rings (SSSR count). The monoisotopic (exact) mass is 599 g/mol. The molecule has 4 aromatic heterocycles. The molecule has 0 radical (unpaired) electrons. The minimum Gasteiger partial charge on any atom is -0.477 e. The molecule has 0 aliphatic carbocycles. The van der Waals surface area contributed by atoms with Crippen molar-refractivity contribution >= 4 is 22.3 Å². The summed E-state index contributed by atoms with van der Waals surface area (Å²) < 4.78 is 24.1. The van der Waals surface area contributed by atoms with Crippen LogP contribution in [-0.2, 0) is 26.1 Å². The Kier molecular flexibility index (Phi) is 8.18. The Morgan fingerprint density at radius 2 is 2.07 bits per heavy atom. The van der Waals surface area contributed by atoms with E-state index in [1.807, 2.05) is 35.1 Å². The number of nitriles is 1.